The fourth-order valence-corrected chi connectivity index (χ4v) is 4.50. The zero-order valence-corrected chi connectivity index (χ0v) is 14.2. The van der Waals surface area contributed by atoms with Crippen LogP contribution in [0.25, 0.3) is 0 Å². The summed E-state index contributed by atoms with van der Waals surface area (Å²) in [5.41, 5.74) is 0. The summed E-state index contributed by atoms with van der Waals surface area (Å²) in [4.78, 5) is 17.6. The van der Waals surface area contributed by atoms with Gasteiger partial charge in [-0.05, 0) is 71.0 Å². The summed E-state index contributed by atoms with van der Waals surface area (Å²) in [6.45, 7) is 8.87. The van der Waals surface area contributed by atoms with Gasteiger partial charge in [0.1, 0.15) is 0 Å². The molecule has 3 aliphatic heterocycles. The summed E-state index contributed by atoms with van der Waals surface area (Å²) in [7, 11) is 0. The molecule has 0 aromatic carbocycles. The standard InChI is InChI=1S/C18H33N3O/c1-15-5-2-3-11-20(15)13-16-6-4-12-21(14-16)18(22)17-7-9-19-10-8-17/h15-17,19H,2-14H2,1H3/t15-,16-/m1/s1. The van der Waals surface area contributed by atoms with Crippen LogP contribution in [-0.2, 0) is 4.79 Å². The molecule has 0 aliphatic carbocycles. The van der Waals surface area contributed by atoms with Crippen LogP contribution in [-0.4, -0.2) is 61.0 Å². The van der Waals surface area contributed by atoms with Crippen molar-refractivity contribution in [3.05, 3.63) is 0 Å². The van der Waals surface area contributed by atoms with E-state index in [0.717, 1.165) is 45.1 Å². The largest absolute Gasteiger partial charge is 0.342 e. The van der Waals surface area contributed by atoms with Gasteiger partial charge >= 0.3 is 0 Å². The van der Waals surface area contributed by atoms with Gasteiger partial charge in [-0.25, -0.2) is 0 Å². The van der Waals surface area contributed by atoms with Crippen LogP contribution in [0, 0.1) is 11.8 Å². The van der Waals surface area contributed by atoms with Gasteiger partial charge in [-0.3, -0.25) is 4.79 Å². The fraction of sp³-hybridized carbons (Fsp3) is 0.944. The second kappa shape index (κ2) is 7.78. The van der Waals surface area contributed by atoms with Crippen LogP contribution in [0.1, 0.15) is 51.9 Å². The maximum absolute atomic E-state index is 12.7. The Morgan fingerprint density at radius 1 is 1.05 bits per heavy atom. The third-order valence-electron chi connectivity index (χ3n) is 5.95. The van der Waals surface area contributed by atoms with Crippen LogP contribution < -0.4 is 5.32 Å². The van der Waals surface area contributed by atoms with Crippen LogP contribution in [0.2, 0.25) is 0 Å². The minimum absolute atomic E-state index is 0.286. The normalized spacial score (nSPS) is 32.1. The molecule has 3 rings (SSSR count). The Morgan fingerprint density at radius 2 is 1.86 bits per heavy atom. The summed E-state index contributed by atoms with van der Waals surface area (Å²) in [5, 5.41) is 3.36. The average Bonchev–Trinajstić information content (AvgIpc) is 2.57. The molecule has 0 aromatic rings. The molecule has 3 heterocycles. The first kappa shape index (κ1) is 16.3. The number of carbonyl (C=O) groups excluding carboxylic acids is 1. The summed E-state index contributed by atoms with van der Waals surface area (Å²) in [5.74, 6) is 1.42. The molecule has 0 saturated carbocycles. The Balaban J connectivity index is 1.51. The Bertz CT molecular complexity index is 367. The molecule has 3 fully saturated rings. The van der Waals surface area contributed by atoms with Crippen molar-refractivity contribution in [2.45, 2.75) is 57.9 Å². The summed E-state index contributed by atoms with van der Waals surface area (Å²) >= 11 is 0. The SMILES string of the molecule is C[C@@H]1CCCCN1C[C@H]1CCCN(C(=O)C2CCNCC2)C1. The van der Waals surface area contributed by atoms with Gasteiger partial charge in [0.25, 0.3) is 0 Å². The quantitative estimate of drug-likeness (QED) is 0.867. The highest BCUT2D eigenvalue weighted by molar-refractivity contribution is 5.79. The minimum atomic E-state index is 0.286. The van der Waals surface area contributed by atoms with Gasteiger partial charge in [-0.15, -0.1) is 0 Å². The highest BCUT2D eigenvalue weighted by Crippen LogP contribution is 2.25. The first-order valence-electron chi connectivity index (χ1n) is 9.47. The van der Waals surface area contributed by atoms with E-state index < -0.39 is 0 Å². The monoisotopic (exact) mass is 307 g/mol. The van der Waals surface area contributed by atoms with E-state index in [9.17, 15) is 4.79 Å². The number of carbonyl (C=O) groups is 1. The third kappa shape index (κ3) is 4.02. The average molecular weight is 307 g/mol. The lowest BCUT2D eigenvalue weighted by Crippen LogP contribution is -2.49. The van der Waals surface area contributed by atoms with Crippen LogP contribution in [0.3, 0.4) is 0 Å². The molecule has 4 heteroatoms. The number of piperidine rings is 3. The van der Waals surface area contributed by atoms with E-state index in [4.69, 9.17) is 0 Å². The van der Waals surface area contributed by atoms with Crippen molar-refractivity contribution in [1.29, 1.82) is 0 Å². The Hall–Kier alpha value is -0.610. The van der Waals surface area contributed by atoms with E-state index in [1.54, 1.807) is 0 Å². The molecule has 4 nitrogen and oxygen atoms in total. The number of hydrogen-bond donors (Lipinski definition) is 1. The maximum Gasteiger partial charge on any atom is 0.225 e. The zero-order valence-electron chi connectivity index (χ0n) is 14.2. The zero-order chi connectivity index (χ0) is 15.4. The van der Waals surface area contributed by atoms with Gasteiger partial charge in [0.2, 0.25) is 5.91 Å². The second-order valence-corrected chi connectivity index (χ2v) is 7.66. The highest BCUT2D eigenvalue weighted by atomic mass is 16.2. The molecule has 0 aromatic heterocycles. The molecule has 3 saturated heterocycles. The second-order valence-electron chi connectivity index (χ2n) is 7.66. The Labute approximate surface area is 135 Å². The summed E-state index contributed by atoms with van der Waals surface area (Å²) < 4.78 is 0. The van der Waals surface area contributed by atoms with Gasteiger partial charge in [0.05, 0.1) is 0 Å². The molecular weight excluding hydrogens is 274 g/mol. The molecule has 0 spiro atoms. The van der Waals surface area contributed by atoms with Crippen molar-refractivity contribution in [3.8, 4) is 0 Å². The van der Waals surface area contributed by atoms with Gasteiger partial charge < -0.3 is 15.1 Å². The Kier molecular flexibility index (Phi) is 5.75. The van der Waals surface area contributed by atoms with E-state index in [1.807, 2.05) is 0 Å². The molecule has 2 atom stereocenters. The summed E-state index contributed by atoms with van der Waals surface area (Å²) in [6, 6.07) is 0.740. The van der Waals surface area contributed by atoms with Crippen molar-refractivity contribution in [2.24, 2.45) is 11.8 Å². The lowest BCUT2D eigenvalue weighted by atomic mass is 9.91. The molecule has 126 valence electrons. The molecule has 3 aliphatic rings. The van der Waals surface area contributed by atoms with E-state index in [1.165, 1.54) is 45.2 Å². The van der Waals surface area contributed by atoms with Gasteiger partial charge in [0, 0.05) is 31.6 Å². The lowest BCUT2D eigenvalue weighted by Gasteiger charge is -2.40. The number of nitrogens with one attached hydrogen (secondary N) is 1. The minimum Gasteiger partial charge on any atom is -0.342 e. The molecule has 22 heavy (non-hydrogen) atoms. The summed E-state index contributed by atoms with van der Waals surface area (Å²) in [6.07, 6.45) is 8.66. The van der Waals surface area contributed by atoms with E-state index in [-0.39, 0.29) is 5.92 Å². The number of likely N-dealkylation sites (tertiary alicyclic amines) is 2. The fourth-order valence-electron chi connectivity index (χ4n) is 4.50. The van der Waals surface area contributed by atoms with E-state index >= 15 is 0 Å². The number of amides is 1. The highest BCUT2D eigenvalue weighted by Gasteiger charge is 2.31. The molecule has 0 unspecified atom stereocenters. The van der Waals surface area contributed by atoms with Crippen molar-refractivity contribution < 1.29 is 4.79 Å². The van der Waals surface area contributed by atoms with Crippen LogP contribution >= 0.6 is 0 Å². The van der Waals surface area contributed by atoms with Gasteiger partial charge in [0.15, 0.2) is 0 Å². The smallest absolute Gasteiger partial charge is 0.225 e. The number of hydrogen-bond acceptors (Lipinski definition) is 3. The van der Waals surface area contributed by atoms with E-state index in [2.05, 4.69) is 22.0 Å². The van der Waals surface area contributed by atoms with Crippen molar-refractivity contribution >= 4 is 5.91 Å². The number of nitrogens with zero attached hydrogens (tertiary/aromatic N) is 2. The van der Waals surface area contributed by atoms with Crippen LogP contribution in [0.4, 0.5) is 0 Å². The van der Waals surface area contributed by atoms with Crippen molar-refractivity contribution in [2.75, 3.05) is 39.3 Å². The van der Waals surface area contributed by atoms with E-state index in [0.29, 0.717) is 11.8 Å². The Morgan fingerprint density at radius 3 is 2.64 bits per heavy atom. The molecule has 0 radical (unpaired) electrons. The van der Waals surface area contributed by atoms with Crippen LogP contribution in [0.5, 0.6) is 0 Å². The lowest BCUT2D eigenvalue weighted by molar-refractivity contribution is -0.138. The molecular formula is C18H33N3O. The van der Waals surface area contributed by atoms with Crippen molar-refractivity contribution in [3.63, 3.8) is 0 Å². The molecule has 0 bridgehead atoms. The van der Waals surface area contributed by atoms with Gasteiger partial charge in [-0.2, -0.15) is 0 Å². The first-order chi connectivity index (χ1) is 10.7. The van der Waals surface area contributed by atoms with Crippen molar-refractivity contribution in [1.82, 2.24) is 15.1 Å². The predicted octanol–water partition coefficient (Wildman–Crippen LogP) is 2.10. The predicted molar refractivity (Wildman–Crippen MR) is 89.8 cm³/mol. The molecule has 1 amide bonds. The topological polar surface area (TPSA) is 35.6 Å². The van der Waals surface area contributed by atoms with Crippen LogP contribution in [0.15, 0.2) is 0 Å². The number of rotatable bonds is 3. The molecule has 1 N–H and O–H groups in total. The third-order valence-corrected chi connectivity index (χ3v) is 5.95. The first-order valence-corrected chi connectivity index (χ1v) is 9.47. The van der Waals surface area contributed by atoms with Gasteiger partial charge in [-0.1, -0.05) is 6.42 Å². The maximum atomic E-state index is 12.7.